The zero-order chi connectivity index (χ0) is 12.1. The van der Waals surface area contributed by atoms with Gasteiger partial charge in [0.2, 0.25) is 0 Å². The molecule has 17 heavy (non-hydrogen) atoms. The summed E-state index contributed by atoms with van der Waals surface area (Å²) in [6.07, 6.45) is 0.845. The maximum absolute atomic E-state index is 11.0. The molecule has 0 unspecified atom stereocenters. The van der Waals surface area contributed by atoms with E-state index in [1.165, 1.54) is 16.3 Å². The molecule has 0 aliphatic rings. The van der Waals surface area contributed by atoms with Gasteiger partial charge in [0.25, 0.3) is 0 Å². The van der Waals surface area contributed by atoms with Crippen molar-refractivity contribution in [2.45, 2.75) is 6.42 Å². The normalized spacial score (nSPS) is 10.2. The van der Waals surface area contributed by atoms with Gasteiger partial charge in [0.15, 0.2) is 0 Å². The second-order valence-electron chi connectivity index (χ2n) is 3.94. The highest BCUT2D eigenvalue weighted by molar-refractivity contribution is 5.83. The Hall–Kier alpha value is -2.03. The molecule has 2 amide bonds. The number of carbonyl (C=O) groups is 1. The van der Waals surface area contributed by atoms with Crippen molar-refractivity contribution in [2.75, 3.05) is 13.6 Å². The van der Waals surface area contributed by atoms with Crippen molar-refractivity contribution in [1.82, 2.24) is 10.6 Å². The molecule has 0 heterocycles. The van der Waals surface area contributed by atoms with Crippen LogP contribution in [-0.2, 0) is 6.42 Å². The maximum atomic E-state index is 11.0. The number of fused-ring (bicyclic) bond motifs is 1. The van der Waals surface area contributed by atoms with E-state index >= 15 is 0 Å². The van der Waals surface area contributed by atoms with Gasteiger partial charge in [-0.25, -0.2) is 4.79 Å². The highest BCUT2D eigenvalue weighted by Gasteiger charge is 1.98. The molecule has 2 aromatic rings. The molecular weight excluding hydrogens is 212 g/mol. The summed E-state index contributed by atoms with van der Waals surface area (Å²) in [6, 6.07) is 14.5. The molecule has 88 valence electrons. The minimum Gasteiger partial charge on any atom is -0.341 e. The predicted molar refractivity (Wildman–Crippen MR) is 70.1 cm³/mol. The smallest absolute Gasteiger partial charge is 0.314 e. The second-order valence-corrected chi connectivity index (χ2v) is 3.94. The van der Waals surface area contributed by atoms with Crippen molar-refractivity contribution in [3.8, 4) is 0 Å². The van der Waals surface area contributed by atoms with Gasteiger partial charge in [-0.15, -0.1) is 0 Å². The third-order valence-corrected chi connectivity index (χ3v) is 2.74. The van der Waals surface area contributed by atoms with Crippen LogP contribution in [-0.4, -0.2) is 19.6 Å². The van der Waals surface area contributed by atoms with E-state index in [9.17, 15) is 4.79 Å². The number of nitrogens with one attached hydrogen (secondary N) is 2. The quantitative estimate of drug-likeness (QED) is 0.831. The molecule has 0 spiro atoms. The summed E-state index contributed by atoms with van der Waals surface area (Å²) in [5, 5.41) is 7.80. The first kappa shape index (κ1) is 11.5. The summed E-state index contributed by atoms with van der Waals surface area (Å²) in [5.41, 5.74) is 1.24. The molecule has 0 aliphatic heterocycles. The Balaban J connectivity index is 2.02. The lowest BCUT2D eigenvalue weighted by atomic mass is 10.1. The monoisotopic (exact) mass is 228 g/mol. The second kappa shape index (κ2) is 5.34. The van der Waals surface area contributed by atoms with E-state index in [0.717, 1.165) is 6.42 Å². The van der Waals surface area contributed by atoms with Gasteiger partial charge in [-0.2, -0.15) is 0 Å². The molecule has 0 aliphatic carbocycles. The fourth-order valence-electron chi connectivity index (χ4n) is 1.80. The SMILES string of the molecule is CNC(=O)NCCc1ccc2ccccc2c1. The highest BCUT2D eigenvalue weighted by Crippen LogP contribution is 2.15. The number of hydrogen-bond acceptors (Lipinski definition) is 1. The lowest BCUT2D eigenvalue weighted by Crippen LogP contribution is -2.33. The van der Waals surface area contributed by atoms with Crippen molar-refractivity contribution >= 4 is 16.8 Å². The number of carbonyl (C=O) groups excluding carboxylic acids is 1. The van der Waals surface area contributed by atoms with Gasteiger partial charge in [-0.3, -0.25) is 0 Å². The Kier molecular flexibility index (Phi) is 3.60. The third-order valence-electron chi connectivity index (χ3n) is 2.74. The molecular formula is C14H16N2O. The van der Waals surface area contributed by atoms with E-state index in [0.29, 0.717) is 6.54 Å². The molecule has 2 rings (SSSR count). The first-order chi connectivity index (χ1) is 8.29. The van der Waals surface area contributed by atoms with Gasteiger partial charge in [0.1, 0.15) is 0 Å². The average molecular weight is 228 g/mol. The molecule has 2 aromatic carbocycles. The molecule has 3 heteroatoms. The summed E-state index contributed by atoms with van der Waals surface area (Å²) in [6.45, 7) is 0.651. The van der Waals surface area contributed by atoms with Crippen molar-refractivity contribution in [3.05, 3.63) is 48.0 Å². The Bertz CT molecular complexity index is 522. The summed E-state index contributed by atoms with van der Waals surface area (Å²) in [4.78, 5) is 11.0. The van der Waals surface area contributed by atoms with Gasteiger partial charge < -0.3 is 10.6 Å². The van der Waals surface area contributed by atoms with E-state index in [1.807, 2.05) is 12.1 Å². The summed E-state index contributed by atoms with van der Waals surface area (Å²) < 4.78 is 0. The lowest BCUT2D eigenvalue weighted by Gasteiger charge is -2.05. The fourth-order valence-corrected chi connectivity index (χ4v) is 1.80. The van der Waals surface area contributed by atoms with Crippen LogP contribution in [0.4, 0.5) is 4.79 Å². The zero-order valence-electron chi connectivity index (χ0n) is 9.86. The Morgan fingerprint density at radius 1 is 1.12 bits per heavy atom. The standard InChI is InChI=1S/C14H16N2O/c1-15-14(17)16-9-8-11-6-7-12-4-2-3-5-13(12)10-11/h2-7,10H,8-9H2,1H3,(H2,15,16,17). The maximum Gasteiger partial charge on any atom is 0.314 e. The Morgan fingerprint density at radius 2 is 1.88 bits per heavy atom. The van der Waals surface area contributed by atoms with Gasteiger partial charge in [-0.05, 0) is 22.8 Å². The molecule has 3 nitrogen and oxygen atoms in total. The number of hydrogen-bond donors (Lipinski definition) is 2. The number of rotatable bonds is 3. The van der Waals surface area contributed by atoms with E-state index in [-0.39, 0.29) is 6.03 Å². The number of urea groups is 1. The highest BCUT2D eigenvalue weighted by atomic mass is 16.2. The van der Waals surface area contributed by atoms with E-state index in [4.69, 9.17) is 0 Å². The van der Waals surface area contributed by atoms with E-state index in [1.54, 1.807) is 7.05 Å². The first-order valence-electron chi connectivity index (χ1n) is 5.73. The largest absolute Gasteiger partial charge is 0.341 e. The van der Waals surface area contributed by atoms with Crippen LogP contribution in [0.1, 0.15) is 5.56 Å². The number of amides is 2. The van der Waals surface area contributed by atoms with Crippen LogP contribution in [0.25, 0.3) is 10.8 Å². The lowest BCUT2D eigenvalue weighted by molar-refractivity contribution is 0.243. The summed E-state index contributed by atoms with van der Waals surface area (Å²) >= 11 is 0. The van der Waals surface area contributed by atoms with Gasteiger partial charge in [-0.1, -0.05) is 42.5 Å². The number of benzene rings is 2. The molecule has 0 atom stereocenters. The van der Waals surface area contributed by atoms with Gasteiger partial charge >= 0.3 is 6.03 Å². The van der Waals surface area contributed by atoms with Crippen molar-refractivity contribution < 1.29 is 4.79 Å². The van der Waals surface area contributed by atoms with Crippen LogP contribution in [0.15, 0.2) is 42.5 Å². The van der Waals surface area contributed by atoms with Gasteiger partial charge in [0.05, 0.1) is 0 Å². The van der Waals surface area contributed by atoms with Crippen LogP contribution < -0.4 is 10.6 Å². The van der Waals surface area contributed by atoms with E-state index in [2.05, 4.69) is 41.0 Å². The van der Waals surface area contributed by atoms with Crippen molar-refractivity contribution in [1.29, 1.82) is 0 Å². The van der Waals surface area contributed by atoms with Crippen molar-refractivity contribution in [3.63, 3.8) is 0 Å². The third kappa shape index (κ3) is 2.97. The summed E-state index contributed by atoms with van der Waals surface area (Å²) in [7, 11) is 1.62. The molecule has 0 radical (unpaired) electrons. The van der Waals surface area contributed by atoms with Crippen LogP contribution >= 0.6 is 0 Å². The van der Waals surface area contributed by atoms with Crippen LogP contribution in [0, 0.1) is 0 Å². The van der Waals surface area contributed by atoms with Crippen LogP contribution in [0.5, 0.6) is 0 Å². The molecule has 0 aromatic heterocycles. The molecule has 0 bridgehead atoms. The van der Waals surface area contributed by atoms with Gasteiger partial charge in [0, 0.05) is 13.6 Å². The fraction of sp³-hybridized carbons (Fsp3) is 0.214. The van der Waals surface area contributed by atoms with Crippen LogP contribution in [0.3, 0.4) is 0 Å². The Labute approximate surface area is 101 Å². The Morgan fingerprint density at radius 3 is 2.65 bits per heavy atom. The average Bonchev–Trinajstić information content (AvgIpc) is 2.38. The predicted octanol–water partition coefficient (Wildman–Crippen LogP) is 2.31. The van der Waals surface area contributed by atoms with E-state index < -0.39 is 0 Å². The molecule has 0 saturated carbocycles. The topological polar surface area (TPSA) is 41.1 Å². The molecule has 0 fully saturated rings. The molecule has 0 saturated heterocycles. The first-order valence-corrected chi connectivity index (χ1v) is 5.73. The van der Waals surface area contributed by atoms with Crippen LogP contribution in [0.2, 0.25) is 0 Å². The van der Waals surface area contributed by atoms with Crippen molar-refractivity contribution in [2.24, 2.45) is 0 Å². The zero-order valence-corrected chi connectivity index (χ0v) is 9.86. The minimum atomic E-state index is -0.134. The minimum absolute atomic E-state index is 0.134. The molecule has 2 N–H and O–H groups in total. The summed E-state index contributed by atoms with van der Waals surface area (Å²) in [5.74, 6) is 0.